The standard InChI is InChI=1S/C14H19NO2/c1-2-14(8-3-9-15-14)13(17)10-11-4-6-12(16)7-5-11/h4-7,15-16H,2-3,8-10H2,1H3. The van der Waals surface area contributed by atoms with Crippen molar-refractivity contribution in [3.05, 3.63) is 29.8 Å². The molecular weight excluding hydrogens is 214 g/mol. The van der Waals surface area contributed by atoms with Crippen LogP contribution in [0.5, 0.6) is 5.75 Å². The van der Waals surface area contributed by atoms with Gasteiger partial charge < -0.3 is 10.4 Å². The zero-order valence-corrected chi connectivity index (χ0v) is 10.2. The van der Waals surface area contributed by atoms with Gasteiger partial charge >= 0.3 is 0 Å². The minimum atomic E-state index is -0.308. The summed E-state index contributed by atoms with van der Waals surface area (Å²) in [7, 11) is 0. The molecule has 2 N–H and O–H groups in total. The summed E-state index contributed by atoms with van der Waals surface area (Å²) in [5.41, 5.74) is 0.659. The van der Waals surface area contributed by atoms with E-state index in [4.69, 9.17) is 0 Å². The predicted molar refractivity (Wildman–Crippen MR) is 67.1 cm³/mol. The summed E-state index contributed by atoms with van der Waals surface area (Å²) in [5.74, 6) is 0.508. The largest absolute Gasteiger partial charge is 0.508 e. The van der Waals surface area contributed by atoms with Gasteiger partial charge in [0.2, 0.25) is 0 Å². The molecular formula is C14H19NO2. The van der Waals surface area contributed by atoms with Gasteiger partial charge in [-0.05, 0) is 43.5 Å². The molecule has 1 atom stereocenters. The minimum Gasteiger partial charge on any atom is -0.508 e. The Morgan fingerprint density at radius 2 is 2.12 bits per heavy atom. The van der Waals surface area contributed by atoms with Crippen LogP contribution in [0, 0.1) is 0 Å². The van der Waals surface area contributed by atoms with Crippen LogP contribution in [0.2, 0.25) is 0 Å². The van der Waals surface area contributed by atoms with Gasteiger partial charge in [-0.25, -0.2) is 0 Å². The number of aromatic hydroxyl groups is 1. The van der Waals surface area contributed by atoms with Crippen LogP contribution >= 0.6 is 0 Å². The van der Waals surface area contributed by atoms with Gasteiger partial charge in [0.25, 0.3) is 0 Å². The number of phenolic OH excluding ortho intramolecular Hbond substituents is 1. The molecule has 0 amide bonds. The summed E-state index contributed by atoms with van der Waals surface area (Å²) >= 11 is 0. The van der Waals surface area contributed by atoms with Gasteiger partial charge in [0.05, 0.1) is 5.54 Å². The third-order valence-electron chi connectivity index (χ3n) is 3.68. The van der Waals surface area contributed by atoms with Gasteiger partial charge in [0, 0.05) is 6.42 Å². The summed E-state index contributed by atoms with van der Waals surface area (Å²) in [6.07, 6.45) is 3.32. The highest BCUT2D eigenvalue weighted by molar-refractivity contribution is 5.90. The zero-order chi connectivity index (χ0) is 12.3. The summed E-state index contributed by atoms with van der Waals surface area (Å²) in [4.78, 5) is 12.3. The Morgan fingerprint density at radius 3 is 2.65 bits per heavy atom. The molecule has 1 unspecified atom stereocenters. The first-order valence-electron chi connectivity index (χ1n) is 6.22. The molecule has 0 aliphatic carbocycles. The summed E-state index contributed by atoms with van der Waals surface area (Å²) in [5, 5.41) is 12.6. The second-order valence-corrected chi connectivity index (χ2v) is 4.73. The first kappa shape index (κ1) is 12.1. The van der Waals surface area contributed by atoms with Gasteiger partial charge in [0.1, 0.15) is 5.75 Å². The van der Waals surface area contributed by atoms with Crippen molar-refractivity contribution in [1.29, 1.82) is 0 Å². The molecule has 1 fully saturated rings. The number of phenols is 1. The van der Waals surface area contributed by atoms with Gasteiger partial charge in [-0.15, -0.1) is 0 Å². The highest BCUT2D eigenvalue weighted by atomic mass is 16.3. The number of Topliss-reactive ketones (excluding diaryl/α,β-unsaturated/α-hetero) is 1. The van der Waals surface area contributed by atoms with Crippen molar-refractivity contribution in [2.75, 3.05) is 6.54 Å². The molecule has 1 heterocycles. The highest BCUT2D eigenvalue weighted by Crippen LogP contribution is 2.25. The lowest BCUT2D eigenvalue weighted by molar-refractivity contribution is -0.124. The molecule has 1 aromatic rings. The van der Waals surface area contributed by atoms with Crippen molar-refractivity contribution in [1.82, 2.24) is 5.32 Å². The van der Waals surface area contributed by atoms with Gasteiger partial charge in [-0.1, -0.05) is 19.1 Å². The molecule has 1 saturated heterocycles. The topological polar surface area (TPSA) is 49.3 Å². The van der Waals surface area contributed by atoms with Crippen LogP contribution in [0.15, 0.2) is 24.3 Å². The van der Waals surface area contributed by atoms with Crippen molar-refractivity contribution in [3.63, 3.8) is 0 Å². The second kappa shape index (κ2) is 4.88. The Kier molecular flexibility index (Phi) is 3.48. The maximum absolute atomic E-state index is 12.3. The Hall–Kier alpha value is -1.35. The monoisotopic (exact) mass is 233 g/mol. The SMILES string of the molecule is CCC1(C(=O)Cc2ccc(O)cc2)CCCN1. The number of nitrogens with one attached hydrogen (secondary N) is 1. The lowest BCUT2D eigenvalue weighted by Gasteiger charge is -2.26. The maximum atomic E-state index is 12.3. The number of ketones is 1. The van der Waals surface area contributed by atoms with E-state index in [1.54, 1.807) is 12.1 Å². The Bertz CT molecular complexity index is 391. The van der Waals surface area contributed by atoms with Crippen molar-refractivity contribution >= 4 is 5.78 Å². The quantitative estimate of drug-likeness (QED) is 0.836. The molecule has 3 heteroatoms. The van der Waals surface area contributed by atoms with Crippen LogP contribution in [0.1, 0.15) is 31.7 Å². The summed E-state index contributed by atoms with van der Waals surface area (Å²) < 4.78 is 0. The van der Waals surface area contributed by atoms with E-state index < -0.39 is 0 Å². The first-order chi connectivity index (χ1) is 8.16. The fraction of sp³-hybridized carbons (Fsp3) is 0.500. The number of benzene rings is 1. The maximum Gasteiger partial charge on any atom is 0.157 e. The summed E-state index contributed by atoms with van der Waals surface area (Å²) in [6.45, 7) is 3.00. The number of rotatable bonds is 4. The van der Waals surface area contributed by atoms with Crippen LogP contribution in [0.4, 0.5) is 0 Å². The van der Waals surface area contributed by atoms with Crippen LogP contribution in [-0.4, -0.2) is 23.0 Å². The normalized spacial score (nSPS) is 23.8. The van der Waals surface area contributed by atoms with E-state index in [0.29, 0.717) is 6.42 Å². The fourth-order valence-corrected chi connectivity index (χ4v) is 2.51. The molecule has 1 aromatic carbocycles. The van der Waals surface area contributed by atoms with E-state index in [1.165, 1.54) is 0 Å². The van der Waals surface area contributed by atoms with Crippen molar-refractivity contribution in [2.24, 2.45) is 0 Å². The predicted octanol–water partition coefficient (Wildman–Crippen LogP) is 2.04. The second-order valence-electron chi connectivity index (χ2n) is 4.73. The van der Waals surface area contributed by atoms with Gasteiger partial charge in [-0.2, -0.15) is 0 Å². The first-order valence-corrected chi connectivity index (χ1v) is 6.22. The Labute approximate surface area is 102 Å². The minimum absolute atomic E-state index is 0.241. The molecule has 2 rings (SSSR count). The van der Waals surface area contributed by atoms with Crippen LogP contribution in [0.3, 0.4) is 0 Å². The van der Waals surface area contributed by atoms with Crippen molar-refractivity contribution in [3.8, 4) is 5.75 Å². The van der Waals surface area contributed by atoms with Gasteiger partial charge in [-0.3, -0.25) is 4.79 Å². The molecule has 0 radical (unpaired) electrons. The lowest BCUT2D eigenvalue weighted by Crippen LogP contribution is -2.47. The summed E-state index contributed by atoms with van der Waals surface area (Å²) in [6, 6.07) is 6.88. The van der Waals surface area contributed by atoms with Gasteiger partial charge in [0.15, 0.2) is 5.78 Å². The molecule has 0 spiro atoms. The third-order valence-corrected chi connectivity index (χ3v) is 3.68. The van der Waals surface area contributed by atoms with Crippen LogP contribution in [-0.2, 0) is 11.2 Å². The average molecular weight is 233 g/mol. The fourth-order valence-electron chi connectivity index (χ4n) is 2.51. The highest BCUT2D eigenvalue weighted by Gasteiger charge is 2.38. The van der Waals surface area contributed by atoms with E-state index in [0.717, 1.165) is 31.4 Å². The van der Waals surface area contributed by atoms with E-state index >= 15 is 0 Å². The van der Waals surface area contributed by atoms with Crippen LogP contribution < -0.4 is 5.32 Å². The molecule has 0 saturated carbocycles. The van der Waals surface area contributed by atoms with E-state index in [-0.39, 0.29) is 17.1 Å². The Balaban J connectivity index is 2.08. The number of hydrogen-bond acceptors (Lipinski definition) is 3. The molecule has 0 bridgehead atoms. The van der Waals surface area contributed by atoms with E-state index in [1.807, 2.05) is 12.1 Å². The zero-order valence-electron chi connectivity index (χ0n) is 10.2. The average Bonchev–Trinajstić information content (AvgIpc) is 2.82. The van der Waals surface area contributed by atoms with E-state index in [9.17, 15) is 9.90 Å². The molecule has 92 valence electrons. The molecule has 1 aliphatic rings. The lowest BCUT2D eigenvalue weighted by atomic mass is 9.86. The molecule has 1 aliphatic heterocycles. The number of carbonyl (C=O) groups is 1. The number of hydrogen-bond donors (Lipinski definition) is 2. The molecule has 3 nitrogen and oxygen atoms in total. The molecule has 0 aromatic heterocycles. The van der Waals surface area contributed by atoms with E-state index in [2.05, 4.69) is 12.2 Å². The number of carbonyl (C=O) groups excluding carboxylic acids is 1. The van der Waals surface area contributed by atoms with Crippen molar-refractivity contribution < 1.29 is 9.90 Å². The Morgan fingerprint density at radius 1 is 1.41 bits per heavy atom. The third kappa shape index (κ3) is 2.50. The molecule has 17 heavy (non-hydrogen) atoms. The van der Waals surface area contributed by atoms with Crippen LogP contribution in [0.25, 0.3) is 0 Å². The van der Waals surface area contributed by atoms with Crippen molar-refractivity contribution in [2.45, 2.75) is 38.1 Å². The smallest absolute Gasteiger partial charge is 0.157 e.